The summed E-state index contributed by atoms with van der Waals surface area (Å²) in [6.45, 7) is 1.79. The normalized spacial score (nSPS) is 24.0. The van der Waals surface area contributed by atoms with Gasteiger partial charge in [0.2, 0.25) is 5.91 Å². The van der Waals surface area contributed by atoms with Crippen molar-refractivity contribution in [3.8, 4) is 11.4 Å². The van der Waals surface area contributed by atoms with Gasteiger partial charge >= 0.3 is 0 Å². The number of amides is 1. The number of hydrogen-bond acceptors (Lipinski definition) is 7. The highest BCUT2D eigenvalue weighted by Crippen LogP contribution is 2.40. The first-order valence-electron chi connectivity index (χ1n) is 8.85. The summed E-state index contributed by atoms with van der Waals surface area (Å²) in [5.41, 5.74) is 0.221. The molecule has 8 nitrogen and oxygen atoms in total. The predicted molar refractivity (Wildman–Crippen MR) is 102 cm³/mol. The van der Waals surface area contributed by atoms with Gasteiger partial charge in [-0.25, -0.2) is 8.42 Å². The third kappa shape index (κ3) is 4.16. The van der Waals surface area contributed by atoms with Crippen LogP contribution in [0, 0.1) is 0 Å². The molecule has 0 bridgehead atoms. The molecular weight excluding hydrogens is 386 g/mol. The Hall–Kier alpha value is -1.94. The van der Waals surface area contributed by atoms with Crippen LogP contribution in [0.2, 0.25) is 0 Å². The van der Waals surface area contributed by atoms with E-state index >= 15 is 0 Å². The zero-order valence-corrected chi connectivity index (χ0v) is 16.6. The van der Waals surface area contributed by atoms with Crippen LogP contribution in [0.5, 0.6) is 0 Å². The number of carbonyl (C=O) groups excluding carboxylic acids is 1. The van der Waals surface area contributed by atoms with E-state index in [1.165, 1.54) is 11.8 Å². The summed E-state index contributed by atoms with van der Waals surface area (Å²) in [7, 11) is -3.06. The van der Waals surface area contributed by atoms with Crippen LogP contribution >= 0.6 is 11.8 Å². The molecule has 0 radical (unpaired) electrons. The van der Waals surface area contributed by atoms with Crippen molar-refractivity contribution in [2.45, 2.75) is 42.9 Å². The fraction of sp³-hybridized carbons (Fsp3) is 0.529. The van der Waals surface area contributed by atoms with E-state index in [9.17, 15) is 13.2 Å². The number of sulfone groups is 1. The zero-order valence-electron chi connectivity index (χ0n) is 15.0. The van der Waals surface area contributed by atoms with E-state index in [2.05, 4.69) is 25.1 Å². The zero-order chi connectivity index (χ0) is 19.1. The van der Waals surface area contributed by atoms with Gasteiger partial charge in [0.25, 0.3) is 0 Å². The Kier molecular flexibility index (Phi) is 4.71. The Bertz CT molecular complexity index is 956. The SMILES string of the molecule is C[C@]1(NC(=O)CSc2nnc(-c3cccnc3)n2C2CC2)CCS(=O)(=O)C1. The van der Waals surface area contributed by atoms with Crippen LogP contribution in [0.15, 0.2) is 29.7 Å². The molecule has 27 heavy (non-hydrogen) atoms. The lowest BCUT2D eigenvalue weighted by atomic mass is 10.0. The maximum Gasteiger partial charge on any atom is 0.230 e. The number of aromatic nitrogens is 4. The molecule has 1 saturated carbocycles. The molecule has 1 N–H and O–H groups in total. The fourth-order valence-corrected chi connectivity index (χ4v) is 6.24. The molecule has 2 aliphatic rings. The molecular formula is C17H21N5O3S2. The Morgan fingerprint density at radius 2 is 2.22 bits per heavy atom. The standard InChI is InChI=1S/C17H21N5O3S2/c1-17(6-8-27(24,25)11-17)19-14(23)10-26-16-21-20-15(22(16)13-4-5-13)12-3-2-7-18-9-12/h2-3,7,9,13H,4-6,8,10-11H2,1H3,(H,19,23)/t17-/m0/s1. The lowest BCUT2D eigenvalue weighted by Gasteiger charge is -2.23. The second kappa shape index (κ2) is 6.90. The smallest absolute Gasteiger partial charge is 0.230 e. The molecule has 1 saturated heterocycles. The third-order valence-corrected chi connectivity index (χ3v) is 7.62. The quantitative estimate of drug-likeness (QED) is 0.723. The second-order valence-corrected chi connectivity index (χ2v) is 10.5. The summed E-state index contributed by atoms with van der Waals surface area (Å²) in [6.07, 6.45) is 6.06. The number of thioether (sulfide) groups is 1. The molecule has 2 aromatic rings. The molecule has 144 valence electrons. The van der Waals surface area contributed by atoms with Crippen molar-refractivity contribution in [3.63, 3.8) is 0 Å². The lowest BCUT2D eigenvalue weighted by Crippen LogP contribution is -2.47. The largest absolute Gasteiger partial charge is 0.349 e. The van der Waals surface area contributed by atoms with Crippen LogP contribution in [0.1, 0.15) is 32.2 Å². The monoisotopic (exact) mass is 407 g/mol. The van der Waals surface area contributed by atoms with E-state index in [0.717, 1.165) is 24.2 Å². The average Bonchev–Trinajstić information content (AvgIpc) is 3.31. The summed E-state index contributed by atoms with van der Waals surface area (Å²) >= 11 is 1.33. The molecule has 3 heterocycles. The fourth-order valence-electron chi connectivity index (χ4n) is 3.34. The van der Waals surface area contributed by atoms with Crippen molar-refractivity contribution in [3.05, 3.63) is 24.5 Å². The van der Waals surface area contributed by atoms with Gasteiger partial charge in [-0.3, -0.25) is 14.3 Å². The molecule has 0 spiro atoms. The Labute approximate surface area is 162 Å². The Morgan fingerprint density at radius 3 is 2.85 bits per heavy atom. The first-order chi connectivity index (χ1) is 12.9. The first kappa shape index (κ1) is 18.4. The summed E-state index contributed by atoms with van der Waals surface area (Å²) in [6, 6.07) is 4.16. The highest BCUT2D eigenvalue weighted by Gasteiger charge is 2.39. The topological polar surface area (TPSA) is 107 Å². The number of nitrogens with zero attached hydrogens (tertiary/aromatic N) is 4. The second-order valence-electron chi connectivity index (χ2n) is 7.39. The van der Waals surface area contributed by atoms with Crippen molar-refractivity contribution < 1.29 is 13.2 Å². The highest BCUT2D eigenvalue weighted by molar-refractivity contribution is 7.99. The van der Waals surface area contributed by atoms with E-state index in [1.54, 1.807) is 19.3 Å². The van der Waals surface area contributed by atoms with Crippen molar-refractivity contribution in [1.82, 2.24) is 25.1 Å². The van der Waals surface area contributed by atoms with Crippen LogP contribution in [-0.2, 0) is 14.6 Å². The number of rotatable bonds is 6. The Morgan fingerprint density at radius 1 is 1.41 bits per heavy atom. The van der Waals surface area contributed by atoms with Gasteiger partial charge in [-0.2, -0.15) is 0 Å². The highest BCUT2D eigenvalue weighted by atomic mass is 32.2. The van der Waals surface area contributed by atoms with Crippen LogP contribution in [0.4, 0.5) is 0 Å². The van der Waals surface area contributed by atoms with Crippen molar-refractivity contribution in [2.75, 3.05) is 17.3 Å². The summed E-state index contributed by atoms with van der Waals surface area (Å²) in [4.78, 5) is 16.5. The molecule has 1 amide bonds. The Balaban J connectivity index is 1.44. The van der Waals surface area contributed by atoms with Gasteiger partial charge < -0.3 is 5.32 Å². The molecule has 2 fully saturated rings. The number of nitrogens with one attached hydrogen (secondary N) is 1. The maximum absolute atomic E-state index is 12.4. The van der Waals surface area contributed by atoms with Gasteiger partial charge in [0.15, 0.2) is 20.8 Å². The molecule has 10 heteroatoms. The minimum absolute atomic E-state index is 0.000180. The van der Waals surface area contributed by atoms with Gasteiger partial charge in [0.1, 0.15) is 0 Å². The predicted octanol–water partition coefficient (Wildman–Crippen LogP) is 1.46. The van der Waals surface area contributed by atoms with Crippen LogP contribution < -0.4 is 5.32 Å². The van der Waals surface area contributed by atoms with Crippen molar-refractivity contribution in [1.29, 1.82) is 0 Å². The minimum Gasteiger partial charge on any atom is -0.349 e. The maximum atomic E-state index is 12.4. The molecule has 1 aliphatic carbocycles. The van der Waals surface area contributed by atoms with E-state index in [4.69, 9.17) is 0 Å². The minimum atomic E-state index is -3.06. The number of hydrogen-bond donors (Lipinski definition) is 1. The van der Waals surface area contributed by atoms with Crippen LogP contribution in [0.3, 0.4) is 0 Å². The molecule has 4 rings (SSSR count). The van der Waals surface area contributed by atoms with Gasteiger partial charge in [-0.05, 0) is 38.3 Å². The van der Waals surface area contributed by atoms with Crippen molar-refractivity contribution >= 4 is 27.5 Å². The summed E-state index contributed by atoms with van der Waals surface area (Å²) in [5.74, 6) is 0.879. The average molecular weight is 408 g/mol. The van der Waals surface area contributed by atoms with E-state index < -0.39 is 15.4 Å². The van der Waals surface area contributed by atoms with Crippen molar-refractivity contribution in [2.24, 2.45) is 0 Å². The number of carbonyl (C=O) groups is 1. The molecule has 0 aromatic carbocycles. The van der Waals surface area contributed by atoms with Crippen LogP contribution in [0.25, 0.3) is 11.4 Å². The molecule has 0 unspecified atom stereocenters. The molecule has 1 atom stereocenters. The molecule has 2 aromatic heterocycles. The van der Waals surface area contributed by atoms with Crippen LogP contribution in [-0.4, -0.2) is 56.9 Å². The van der Waals surface area contributed by atoms with Gasteiger partial charge in [0, 0.05) is 24.0 Å². The first-order valence-corrected chi connectivity index (χ1v) is 11.7. The van der Waals surface area contributed by atoms with Gasteiger partial charge in [0.05, 0.1) is 22.8 Å². The van der Waals surface area contributed by atoms with Gasteiger partial charge in [-0.1, -0.05) is 11.8 Å². The summed E-state index contributed by atoms with van der Waals surface area (Å²) < 4.78 is 25.5. The lowest BCUT2D eigenvalue weighted by molar-refractivity contribution is -0.120. The summed E-state index contributed by atoms with van der Waals surface area (Å²) in [5, 5.41) is 12.2. The van der Waals surface area contributed by atoms with E-state index in [0.29, 0.717) is 17.6 Å². The van der Waals surface area contributed by atoms with Gasteiger partial charge in [-0.15, -0.1) is 10.2 Å². The molecule has 1 aliphatic heterocycles. The number of pyridine rings is 1. The third-order valence-electron chi connectivity index (χ3n) is 4.77. The van der Waals surface area contributed by atoms with E-state index in [1.807, 2.05) is 12.1 Å². The van der Waals surface area contributed by atoms with E-state index in [-0.39, 0.29) is 23.2 Å².